The molecule has 0 bridgehead atoms. The molecule has 0 aliphatic carbocycles. The molecule has 7 nitrogen and oxygen atoms in total. The van der Waals surface area contributed by atoms with Gasteiger partial charge in [0.2, 0.25) is 5.91 Å². The molecule has 4 rings (SSSR count). The number of carbonyl (C=O) groups excluding carboxylic acids is 2. The Labute approximate surface area is 182 Å². The fourth-order valence-corrected chi connectivity index (χ4v) is 4.81. The second kappa shape index (κ2) is 9.06. The van der Waals surface area contributed by atoms with Gasteiger partial charge in [-0.1, -0.05) is 30.3 Å². The van der Waals surface area contributed by atoms with Crippen molar-refractivity contribution in [2.75, 3.05) is 20.1 Å². The molecule has 1 aromatic heterocycles. The zero-order valence-corrected chi connectivity index (χ0v) is 18.0. The standard InChI is InChI=1S/C24H30N4O3/c1-26-11-5-8-19(26)14-21(29)27-13-10-20-18(15-27)16-28(24(31)22(20)23(25)30)12-9-17-6-3-2-4-7-17/h2-4,6-7,16,19H,5,8-15H2,1H3,(H2,25,30). The number of nitrogens with zero attached hydrogens (tertiary/aromatic N) is 3. The average Bonchev–Trinajstić information content (AvgIpc) is 3.16. The average molecular weight is 423 g/mol. The van der Waals surface area contributed by atoms with E-state index in [4.69, 9.17) is 5.73 Å². The van der Waals surface area contributed by atoms with Crippen LogP contribution in [0.4, 0.5) is 0 Å². The lowest BCUT2D eigenvalue weighted by atomic mass is 9.95. The van der Waals surface area contributed by atoms with E-state index < -0.39 is 5.91 Å². The van der Waals surface area contributed by atoms with Gasteiger partial charge in [-0.25, -0.2) is 0 Å². The highest BCUT2D eigenvalue weighted by molar-refractivity contribution is 5.94. The first-order valence-electron chi connectivity index (χ1n) is 11.0. The van der Waals surface area contributed by atoms with Crippen LogP contribution in [0.15, 0.2) is 41.3 Å². The smallest absolute Gasteiger partial charge is 0.263 e. The van der Waals surface area contributed by atoms with Gasteiger partial charge in [0.1, 0.15) is 5.56 Å². The number of benzene rings is 1. The molecular formula is C24H30N4O3. The predicted octanol–water partition coefficient (Wildman–Crippen LogP) is 1.56. The van der Waals surface area contributed by atoms with E-state index in [-0.39, 0.29) is 17.0 Å². The minimum absolute atomic E-state index is 0.0770. The Hall–Kier alpha value is -2.93. The molecule has 7 heteroatoms. The van der Waals surface area contributed by atoms with Crippen LogP contribution in [-0.2, 0) is 30.7 Å². The number of hydrogen-bond donors (Lipinski definition) is 1. The third kappa shape index (κ3) is 4.56. The van der Waals surface area contributed by atoms with E-state index in [2.05, 4.69) is 11.9 Å². The summed E-state index contributed by atoms with van der Waals surface area (Å²) in [6.45, 7) is 2.42. The van der Waals surface area contributed by atoms with Crippen molar-refractivity contribution in [3.05, 3.63) is 69.1 Å². The van der Waals surface area contributed by atoms with Crippen molar-refractivity contribution in [2.24, 2.45) is 5.73 Å². The molecule has 1 aromatic carbocycles. The highest BCUT2D eigenvalue weighted by Gasteiger charge is 2.30. The van der Waals surface area contributed by atoms with Gasteiger partial charge in [-0.3, -0.25) is 14.4 Å². The highest BCUT2D eigenvalue weighted by Crippen LogP contribution is 2.24. The van der Waals surface area contributed by atoms with Crippen molar-refractivity contribution in [1.29, 1.82) is 0 Å². The van der Waals surface area contributed by atoms with Crippen LogP contribution in [0.2, 0.25) is 0 Å². The van der Waals surface area contributed by atoms with Gasteiger partial charge in [0, 0.05) is 38.3 Å². The SMILES string of the molecule is CN1CCCC1CC(=O)N1CCc2c(cn(CCc3ccccc3)c(=O)c2C(N)=O)C1. The summed E-state index contributed by atoms with van der Waals surface area (Å²) < 4.78 is 1.57. The van der Waals surface area contributed by atoms with Crippen LogP contribution in [0.5, 0.6) is 0 Å². The van der Waals surface area contributed by atoms with Crippen molar-refractivity contribution in [2.45, 2.75) is 51.2 Å². The molecule has 31 heavy (non-hydrogen) atoms. The highest BCUT2D eigenvalue weighted by atomic mass is 16.2. The van der Waals surface area contributed by atoms with E-state index in [0.29, 0.717) is 50.5 Å². The van der Waals surface area contributed by atoms with Crippen LogP contribution in [-0.4, -0.2) is 52.4 Å². The molecule has 2 amide bonds. The quantitative estimate of drug-likeness (QED) is 0.765. The Bertz CT molecular complexity index is 1030. The normalized spacial score (nSPS) is 18.7. The lowest BCUT2D eigenvalue weighted by Gasteiger charge is -2.31. The molecule has 164 valence electrons. The summed E-state index contributed by atoms with van der Waals surface area (Å²) >= 11 is 0. The molecule has 0 saturated carbocycles. The minimum atomic E-state index is -0.692. The predicted molar refractivity (Wildman–Crippen MR) is 119 cm³/mol. The number of primary amides is 1. The maximum Gasteiger partial charge on any atom is 0.263 e. The lowest BCUT2D eigenvalue weighted by molar-refractivity contribution is -0.133. The van der Waals surface area contributed by atoms with Crippen molar-refractivity contribution in [3.63, 3.8) is 0 Å². The maximum atomic E-state index is 13.0. The van der Waals surface area contributed by atoms with Crippen LogP contribution < -0.4 is 11.3 Å². The van der Waals surface area contributed by atoms with E-state index >= 15 is 0 Å². The molecule has 2 N–H and O–H groups in total. The zero-order valence-electron chi connectivity index (χ0n) is 18.0. The Kier molecular flexibility index (Phi) is 6.23. The monoisotopic (exact) mass is 422 g/mol. The number of likely N-dealkylation sites (tertiary alicyclic amines) is 1. The topological polar surface area (TPSA) is 88.6 Å². The van der Waals surface area contributed by atoms with Gasteiger partial charge in [0.15, 0.2) is 0 Å². The summed E-state index contributed by atoms with van der Waals surface area (Å²) in [5.41, 5.74) is 8.00. The van der Waals surface area contributed by atoms with Crippen LogP contribution in [0.1, 0.15) is 46.3 Å². The molecule has 1 saturated heterocycles. The summed E-state index contributed by atoms with van der Waals surface area (Å²) in [5.74, 6) is -0.560. The van der Waals surface area contributed by atoms with Crippen molar-refractivity contribution in [3.8, 4) is 0 Å². The number of amides is 2. The van der Waals surface area contributed by atoms with Gasteiger partial charge >= 0.3 is 0 Å². The van der Waals surface area contributed by atoms with E-state index in [9.17, 15) is 14.4 Å². The van der Waals surface area contributed by atoms with E-state index in [1.807, 2.05) is 41.4 Å². The number of carbonyl (C=O) groups is 2. The van der Waals surface area contributed by atoms with E-state index in [1.54, 1.807) is 4.57 Å². The molecular weight excluding hydrogens is 392 g/mol. The van der Waals surface area contributed by atoms with Gasteiger partial charge in [-0.15, -0.1) is 0 Å². The summed E-state index contributed by atoms with van der Waals surface area (Å²) in [5, 5.41) is 0. The molecule has 2 aliphatic heterocycles. The van der Waals surface area contributed by atoms with Gasteiger partial charge in [0.25, 0.3) is 11.5 Å². The Morgan fingerprint density at radius 1 is 1.16 bits per heavy atom. The van der Waals surface area contributed by atoms with Crippen LogP contribution >= 0.6 is 0 Å². The Morgan fingerprint density at radius 3 is 2.61 bits per heavy atom. The van der Waals surface area contributed by atoms with Gasteiger partial charge < -0.3 is 20.1 Å². The maximum absolute atomic E-state index is 13.0. The number of rotatable bonds is 6. The molecule has 2 aromatic rings. The summed E-state index contributed by atoms with van der Waals surface area (Å²) in [4.78, 5) is 42.1. The molecule has 0 spiro atoms. The fourth-order valence-electron chi connectivity index (χ4n) is 4.81. The molecule has 2 aliphatic rings. The van der Waals surface area contributed by atoms with E-state index in [1.165, 1.54) is 0 Å². The molecule has 0 radical (unpaired) electrons. The van der Waals surface area contributed by atoms with Gasteiger partial charge in [0.05, 0.1) is 0 Å². The van der Waals surface area contributed by atoms with Crippen LogP contribution in [0, 0.1) is 0 Å². The van der Waals surface area contributed by atoms with Crippen molar-refractivity contribution >= 4 is 11.8 Å². The number of fused-ring (bicyclic) bond motifs is 1. The summed E-state index contributed by atoms with van der Waals surface area (Å²) in [7, 11) is 2.07. The largest absolute Gasteiger partial charge is 0.365 e. The second-order valence-electron chi connectivity index (χ2n) is 8.65. The fraction of sp³-hybridized carbons (Fsp3) is 0.458. The van der Waals surface area contributed by atoms with Gasteiger partial charge in [-0.05, 0) is 56.0 Å². The molecule has 3 heterocycles. The van der Waals surface area contributed by atoms with Gasteiger partial charge in [-0.2, -0.15) is 0 Å². The first kappa shape index (κ1) is 21.3. The van der Waals surface area contributed by atoms with Crippen LogP contribution in [0.25, 0.3) is 0 Å². The Morgan fingerprint density at radius 2 is 1.94 bits per heavy atom. The summed E-state index contributed by atoms with van der Waals surface area (Å²) in [6, 6.07) is 10.2. The lowest BCUT2D eigenvalue weighted by Crippen LogP contribution is -2.42. The van der Waals surface area contributed by atoms with Crippen LogP contribution in [0.3, 0.4) is 0 Å². The van der Waals surface area contributed by atoms with Crippen molar-refractivity contribution in [1.82, 2.24) is 14.4 Å². The first-order valence-corrected chi connectivity index (χ1v) is 11.0. The third-order valence-electron chi connectivity index (χ3n) is 6.63. The summed E-state index contributed by atoms with van der Waals surface area (Å²) in [6.07, 6.45) is 5.67. The number of aryl methyl sites for hydroxylation is 2. The third-order valence-corrected chi connectivity index (χ3v) is 6.63. The molecule has 1 fully saturated rings. The second-order valence-corrected chi connectivity index (χ2v) is 8.65. The number of hydrogen-bond acceptors (Lipinski definition) is 4. The molecule has 1 unspecified atom stereocenters. The molecule has 1 atom stereocenters. The minimum Gasteiger partial charge on any atom is -0.365 e. The number of pyridine rings is 1. The first-order chi connectivity index (χ1) is 14.9. The number of nitrogens with two attached hydrogens (primary N) is 1. The van der Waals surface area contributed by atoms with E-state index in [0.717, 1.165) is 30.5 Å². The zero-order chi connectivity index (χ0) is 22.0. The van der Waals surface area contributed by atoms with Crippen molar-refractivity contribution < 1.29 is 9.59 Å². The Balaban J connectivity index is 1.56. The number of aromatic nitrogens is 1.